The summed E-state index contributed by atoms with van der Waals surface area (Å²) in [6.07, 6.45) is 1.68. The zero-order chi connectivity index (χ0) is 17.6. The van der Waals surface area contributed by atoms with Crippen molar-refractivity contribution in [1.82, 2.24) is 14.8 Å². The van der Waals surface area contributed by atoms with Gasteiger partial charge in [0.25, 0.3) is 5.91 Å². The van der Waals surface area contributed by atoms with Crippen molar-refractivity contribution in [3.05, 3.63) is 48.3 Å². The lowest BCUT2D eigenvalue weighted by Gasteiger charge is -2.33. The maximum atomic E-state index is 12.6. The molecule has 0 radical (unpaired) electrons. The highest BCUT2D eigenvalue weighted by Gasteiger charge is 2.22. The van der Waals surface area contributed by atoms with Crippen molar-refractivity contribution in [3.63, 3.8) is 0 Å². The smallest absolute Gasteiger partial charge is 0.272 e. The fourth-order valence-corrected chi connectivity index (χ4v) is 2.93. The lowest BCUT2D eigenvalue weighted by molar-refractivity contribution is 0.0637. The minimum Gasteiger partial charge on any atom is -0.495 e. The van der Waals surface area contributed by atoms with Crippen LogP contribution in [0.15, 0.2) is 42.6 Å². The SMILES string of the molecule is CCN1CCN(C(=O)c2ccc(Nc3ccccc3OC)cn2)CC1. The maximum Gasteiger partial charge on any atom is 0.272 e. The third kappa shape index (κ3) is 4.09. The zero-order valence-electron chi connectivity index (χ0n) is 14.7. The van der Waals surface area contributed by atoms with Crippen molar-refractivity contribution in [2.45, 2.75) is 6.92 Å². The summed E-state index contributed by atoms with van der Waals surface area (Å²) in [5, 5.41) is 3.26. The molecule has 0 spiro atoms. The summed E-state index contributed by atoms with van der Waals surface area (Å²) >= 11 is 0. The topological polar surface area (TPSA) is 57.7 Å². The molecule has 1 N–H and O–H groups in total. The molecular formula is C19H24N4O2. The van der Waals surface area contributed by atoms with Crippen LogP contribution < -0.4 is 10.1 Å². The highest BCUT2D eigenvalue weighted by Crippen LogP contribution is 2.26. The first-order chi connectivity index (χ1) is 12.2. The van der Waals surface area contributed by atoms with E-state index in [4.69, 9.17) is 4.74 Å². The molecule has 0 bridgehead atoms. The van der Waals surface area contributed by atoms with E-state index in [1.165, 1.54) is 0 Å². The van der Waals surface area contributed by atoms with Gasteiger partial charge in [-0.15, -0.1) is 0 Å². The Kier molecular flexibility index (Phi) is 5.50. The monoisotopic (exact) mass is 340 g/mol. The number of pyridine rings is 1. The third-order valence-electron chi connectivity index (χ3n) is 4.48. The third-order valence-corrected chi connectivity index (χ3v) is 4.48. The number of carbonyl (C=O) groups is 1. The van der Waals surface area contributed by atoms with Crippen LogP contribution in [-0.4, -0.2) is 60.5 Å². The largest absolute Gasteiger partial charge is 0.495 e. The molecule has 1 aliphatic heterocycles. The van der Waals surface area contributed by atoms with Gasteiger partial charge >= 0.3 is 0 Å². The fourth-order valence-electron chi connectivity index (χ4n) is 2.93. The molecule has 6 nitrogen and oxygen atoms in total. The van der Waals surface area contributed by atoms with E-state index >= 15 is 0 Å². The van der Waals surface area contributed by atoms with E-state index in [-0.39, 0.29) is 5.91 Å². The van der Waals surface area contributed by atoms with E-state index < -0.39 is 0 Å². The molecule has 2 aromatic rings. The Morgan fingerprint density at radius 3 is 2.56 bits per heavy atom. The summed E-state index contributed by atoms with van der Waals surface area (Å²) in [5.41, 5.74) is 2.16. The van der Waals surface area contributed by atoms with E-state index in [0.717, 1.165) is 49.8 Å². The molecule has 0 saturated carbocycles. The second kappa shape index (κ2) is 7.98. The molecule has 132 valence electrons. The number of anilines is 2. The molecule has 2 heterocycles. The van der Waals surface area contributed by atoms with Gasteiger partial charge in [0.05, 0.1) is 24.7 Å². The predicted molar refractivity (Wildman–Crippen MR) is 98.5 cm³/mol. The number of hydrogen-bond acceptors (Lipinski definition) is 5. The molecule has 6 heteroatoms. The van der Waals surface area contributed by atoms with Crippen LogP contribution in [0.2, 0.25) is 0 Å². The number of amides is 1. The first kappa shape index (κ1) is 17.2. The van der Waals surface area contributed by atoms with Crippen molar-refractivity contribution in [2.75, 3.05) is 45.2 Å². The van der Waals surface area contributed by atoms with Crippen molar-refractivity contribution >= 4 is 17.3 Å². The number of piperazine rings is 1. The number of rotatable bonds is 5. The van der Waals surface area contributed by atoms with Crippen LogP contribution in [0.4, 0.5) is 11.4 Å². The molecule has 1 aromatic carbocycles. The lowest BCUT2D eigenvalue weighted by atomic mass is 10.2. The molecule has 0 unspecified atom stereocenters. The van der Waals surface area contributed by atoms with Gasteiger partial charge in [0.2, 0.25) is 0 Å². The molecule has 1 aromatic heterocycles. The first-order valence-corrected chi connectivity index (χ1v) is 8.59. The Morgan fingerprint density at radius 1 is 1.16 bits per heavy atom. The van der Waals surface area contributed by atoms with Crippen molar-refractivity contribution in [1.29, 1.82) is 0 Å². The number of hydrogen-bond donors (Lipinski definition) is 1. The van der Waals surface area contributed by atoms with Gasteiger partial charge in [-0.25, -0.2) is 4.98 Å². The van der Waals surface area contributed by atoms with E-state index in [2.05, 4.69) is 22.1 Å². The summed E-state index contributed by atoms with van der Waals surface area (Å²) in [7, 11) is 1.64. The summed E-state index contributed by atoms with van der Waals surface area (Å²) in [5.74, 6) is 0.760. The average Bonchev–Trinajstić information content (AvgIpc) is 2.68. The van der Waals surface area contributed by atoms with Crippen LogP contribution in [-0.2, 0) is 0 Å². The van der Waals surface area contributed by atoms with Gasteiger partial charge in [-0.05, 0) is 30.8 Å². The molecule has 1 saturated heterocycles. The van der Waals surface area contributed by atoms with Gasteiger partial charge in [0.1, 0.15) is 11.4 Å². The van der Waals surface area contributed by atoms with E-state index in [1.807, 2.05) is 35.2 Å². The number of carbonyl (C=O) groups excluding carboxylic acids is 1. The first-order valence-electron chi connectivity index (χ1n) is 8.59. The zero-order valence-corrected chi connectivity index (χ0v) is 14.7. The van der Waals surface area contributed by atoms with Crippen LogP contribution in [0.3, 0.4) is 0 Å². The van der Waals surface area contributed by atoms with Crippen LogP contribution in [0.5, 0.6) is 5.75 Å². The van der Waals surface area contributed by atoms with Crippen molar-refractivity contribution in [3.8, 4) is 5.75 Å². The van der Waals surface area contributed by atoms with Gasteiger partial charge in [-0.3, -0.25) is 4.79 Å². The molecule has 3 rings (SSSR count). The van der Waals surface area contributed by atoms with Crippen LogP contribution in [0.25, 0.3) is 0 Å². The standard InChI is InChI=1S/C19H24N4O2/c1-3-22-10-12-23(13-11-22)19(24)17-9-8-15(14-20-17)21-16-6-4-5-7-18(16)25-2/h4-9,14,21H,3,10-13H2,1-2H3. The van der Waals surface area contributed by atoms with Crippen LogP contribution >= 0.6 is 0 Å². The summed E-state index contributed by atoms with van der Waals surface area (Å²) < 4.78 is 5.33. The molecule has 25 heavy (non-hydrogen) atoms. The lowest BCUT2D eigenvalue weighted by Crippen LogP contribution is -2.48. The average molecular weight is 340 g/mol. The normalized spacial score (nSPS) is 15.0. The Labute approximate surface area is 148 Å². The molecular weight excluding hydrogens is 316 g/mol. The van der Waals surface area contributed by atoms with E-state index in [9.17, 15) is 4.79 Å². The molecule has 0 aliphatic carbocycles. The van der Waals surface area contributed by atoms with Crippen molar-refractivity contribution < 1.29 is 9.53 Å². The number of likely N-dealkylation sites (N-methyl/N-ethyl adjacent to an activating group) is 1. The molecule has 1 amide bonds. The van der Waals surface area contributed by atoms with Crippen LogP contribution in [0, 0.1) is 0 Å². The second-order valence-corrected chi connectivity index (χ2v) is 5.98. The highest BCUT2D eigenvalue weighted by atomic mass is 16.5. The second-order valence-electron chi connectivity index (χ2n) is 5.98. The minimum absolute atomic E-state index is 0.000375. The molecule has 1 aliphatic rings. The van der Waals surface area contributed by atoms with Gasteiger partial charge < -0.3 is 19.9 Å². The van der Waals surface area contributed by atoms with Gasteiger partial charge in [-0.2, -0.15) is 0 Å². The van der Waals surface area contributed by atoms with Gasteiger partial charge in [-0.1, -0.05) is 19.1 Å². The Morgan fingerprint density at radius 2 is 1.92 bits per heavy atom. The van der Waals surface area contributed by atoms with E-state index in [1.54, 1.807) is 19.4 Å². The van der Waals surface area contributed by atoms with Crippen molar-refractivity contribution in [2.24, 2.45) is 0 Å². The summed E-state index contributed by atoms with van der Waals surface area (Å²) in [4.78, 5) is 21.1. The predicted octanol–water partition coefficient (Wildman–Crippen LogP) is 2.61. The summed E-state index contributed by atoms with van der Waals surface area (Å²) in [6, 6.07) is 11.3. The van der Waals surface area contributed by atoms with Gasteiger partial charge in [0.15, 0.2) is 0 Å². The molecule has 1 fully saturated rings. The Hall–Kier alpha value is -2.60. The Bertz CT molecular complexity index is 710. The van der Waals surface area contributed by atoms with Crippen LogP contribution in [0.1, 0.15) is 17.4 Å². The minimum atomic E-state index is -0.000375. The fraction of sp³-hybridized carbons (Fsp3) is 0.368. The number of ether oxygens (including phenoxy) is 1. The Balaban J connectivity index is 1.65. The highest BCUT2D eigenvalue weighted by molar-refractivity contribution is 5.92. The number of benzene rings is 1. The van der Waals surface area contributed by atoms with Gasteiger partial charge in [0, 0.05) is 26.2 Å². The van der Waals surface area contributed by atoms with E-state index in [0.29, 0.717) is 5.69 Å². The number of para-hydroxylation sites is 2. The quantitative estimate of drug-likeness (QED) is 0.907. The summed E-state index contributed by atoms with van der Waals surface area (Å²) in [6.45, 7) is 6.55. The maximum absolute atomic E-state index is 12.6. The number of nitrogens with one attached hydrogen (secondary N) is 1. The molecule has 0 atom stereocenters. The number of methoxy groups -OCH3 is 1. The number of aromatic nitrogens is 1. The number of nitrogens with zero attached hydrogens (tertiary/aromatic N) is 3.